The van der Waals surface area contributed by atoms with Crippen LogP contribution in [0.1, 0.15) is 11.6 Å². The van der Waals surface area contributed by atoms with Gasteiger partial charge in [-0.25, -0.2) is 4.98 Å². The first-order chi connectivity index (χ1) is 8.66. The zero-order chi connectivity index (χ0) is 12.7. The molecule has 1 saturated heterocycles. The number of imidazole rings is 1. The van der Waals surface area contributed by atoms with Gasteiger partial charge in [-0.1, -0.05) is 6.07 Å². The van der Waals surface area contributed by atoms with Crippen LogP contribution in [0.25, 0.3) is 5.65 Å². The summed E-state index contributed by atoms with van der Waals surface area (Å²) in [6.45, 7) is 1.36. The molecule has 0 radical (unpaired) electrons. The zero-order valence-corrected chi connectivity index (χ0v) is 10.2. The summed E-state index contributed by atoms with van der Waals surface area (Å²) >= 11 is 0. The van der Waals surface area contributed by atoms with Crippen molar-refractivity contribution in [3.63, 3.8) is 0 Å². The number of aliphatic carboxylic acids is 1. The molecule has 1 aliphatic heterocycles. The third kappa shape index (κ3) is 1.67. The Hall–Kier alpha value is -1.88. The minimum atomic E-state index is -0.727. The van der Waals surface area contributed by atoms with Crippen LogP contribution in [-0.4, -0.2) is 45.5 Å². The first-order valence-corrected chi connectivity index (χ1v) is 6.00. The molecule has 18 heavy (non-hydrogen) atoms. The second kappa shape index (κ2) is 4.10. The van der Waals surface area contributed by atoms with Crippen LogP contribution in [0.2, 0.25) is 0 Å². The molecule has 2 aromatic heterocycles. The smallest absolute Gasteiger partial charge is 0.308 e. The Labute approximate surface area is 105 Å². The third-order valence-electron chi connectivity index (χ3n) is 3.65. The van der Waals surface area contributed by atoms with Crippen LogP contribution in [0.4, 0.5) is 0 Å². The van der Waals surface area contributed by atoms with Gasteiger partial charge in [0.15, 0.2) is 0 Å². The van der Waals surface area contributed by atoms with E-state index >= 15 is 0 Å². The number of hydrogen-bond donors (Lipinski definition) is 1. The van der Waals surface area contributed by atoms with Crippen LogP contribution < -0.4 is 0 Å². The Morgan fingerprint density at radius 2 is 2.28 bits per heavy atom. The maximum absolute atomic E-state index is 11.3. The number of pyridine rings is 1. The summed E-state index contributed by atoms with van der Waals surface area (Å²) < 4.78 is 1.99. The average Bonchev–Trinajstić information content (AvgIpc) is 2.92. The molecule has 1 fully saturated rings. The van der Waals surface area contributed by atoms with Gasteiger partial charge in [-0.2, -0.15) is 0 Å². The van der Waals surface area contributed by atoms with Crippen molar-refractivity contribution in [3.05, 3.63) is 36.3 Å². The summed E-state index contributed by atoms with van der Waals surface area (Å²) in [5, 5.41) is 9.32. The van der Waals surface area contributed by atoms with Crippen LogP contribution in [0, 0.1) is 5.92 Å². The molecule has 94 valence electrons. The van der Waals surface area contributed by atoms with Crippen molar-refractivity contribution in [1.29, 1.82) is 0 Å². The predicted octanol–water partition coefficient (Wildman–Crippen LogP) is 1.06. The lowest BCUT2D eigenvalue weighted by Gasteiger charge is -2.14. The number of fused-ring (bicyclic) bond motifs is 1. The molecule has 2 aromatic rings. The number of carbonyl (C=O) groups is 1. The molecule has 2 unspecified atom stereocenters. The molecule has 2 atom stereocenters. The van der Waals surface area contributed by atoms with E-state index in [1.807, 2.05) is 35.8 Å². The molecule has 0 aliphatic carbocycles. The quantitative estimate of drug-likeness (QED) is 0.859. The van der Waals surface area contributed by atoms with Crippen LogP contribution in [0.15, 0.2) is 30.6 Å². The van der Waals surface area contributed by atoms with E-state index in [0.29, 0.717) is 6.54 Å². The molecule has 3 rings (SSSR count). The number of rotatable bonds is 2. The zero-order valence-electron chi connectivity index (χ0n) is 10.2. The molecule has 5 heteroatoms. The summed E-state index contributed by atoms with van der Waals surface area (Å²) in [5.41, 5.74) is 1.86. The lowest BCUT2D eigenvalue weighted by Crippen LogP contribution is -2.22. The molecular formula is C13H15N3O2. The molecule has 5 nitrogen and oxygen atoms in total. The fourth-order valence-electron chi connectivity index (χ4n) is 2.78. The van der Waals surface area contributed by atoms with Crippen LogP contribution in [0.3, 0.4) is 0 Å². The van der Waals surface area contributed by atoms with Crippen molar-refractivity contribution >= 4 is 11.6 Å². The van der Waals surface area contributed by atoms with Crippen molar-refractivity contribution in [3.8, 4) is 0 Å². The van der Waals surface area contributed by atoms with Crippen molar-refractivity contribution in [2.24, 2.45) is 5.92 Å². The SMILES string of the molecule is CN1CC(C(=O)O)C(c2cnc3ccccn23)C1. The Morgan fingerprint density at radius 3 is 3.06 bits per heavy atom. The van der Waals surface area contributed by atoms with Gasteiger partial charge in [-0.3, -0.25) is 4.79 Å². The van der Waals surface area contributed by atoms with E-state index in [1.54, 1.807) is 6.20 Å². The summed E-state index contributed by atoms with van der Waals surface area (Å²) in [4.78, 5) is 17.7. The normalized spacial score (nSPS) is 24.7. The first kappa shape index (κ1) is 11.2. The van der Waals surface area contributed by atoms with Crippen LogP contribution in [0.5, 0.6) is 0 Å². The number of aromatic nitrogens is 2. The second-order valence-corrected chi connectivity index (χ2v) is 4.88. The number of carboxylic acid groups (broad SMARTS) is 1. The largest absolute Gasteiger partial charge is 0.481 e. The fraction of sp³-hybridized carbons (Fsp3) is 0.385. The minimum Gasteiger partial charge on any atom is -0.481 e. The number of likely N-dealkylation sites (N-methyl/N-ethyl adjacent to an activating group) is 1. The molecule has 0 amide bonds. The van der Waals surface area contributed by atoms with E-state index in [9.17, 15) is 9.90 Å². The molecule has 0 spiro atoms. The van der Waals surface area contributed by atoms with E-state index in [2.05, 4.69) is 9.88 Å². The van der Waals surface area contributed by atoms with Crippen molar-refractivity contribution in [2.75, 3.05) is 20.1 Å². The van der Waals surface area contributed by atoms with E-state index in [4.69, 9.17) is 0 Å². The lowest BCUT2D eigenvalue weighted by molar-refractivity contribution is -0.141. The molecule has 0 saturated carbocycles. The lowest BCUT2D eigenvalue weighted by atomic mass is 9.93. The van der Waals surface area contributed by atoms with E-state index < -0.39 is 5.97 Å². The second-order valence-electron chi connectivity index (χ2n) is 4.88. The van der Waals surface area contributed by atoms with E-state index in [-0.39, 0.29) is 11.8 Å². The van der Waals surface area contributed by atoms with Gasteiger partial charge in [0.1, 0.15) is 5.65 Å². The summed E-state index contributed by atoms with van der Waals surface area (Å²) in [6, 6.07) is 5.80. The standard InChI is InChI=1S/C13H15N3O2/c1-15-7-9(10(8-15)13(17)18)11-6-14-12-4-2-3-5-16(11)12/h2-6,9-10H,7-8H2,1H3,(H,17,18). The monoisotopic (exact) mass is 245 g/mol. The Morgan fingerprint density at radius 1 is 1.44 bits per heavy atom. The van der Waals surface area contributed by atoms with Crippen molar-refractivity contribution in [2.45, 2.75) is 5.92 Å². The number of carboxylic acids is 1. The highest BCUT2D eigenvalue weighted by molar-refractivity contribution is 5.72. The van der Waals surface area contributed by atoms with Gasteiger partial charge in [0.05, 0.1) is 5.92 Å². The summed E-state index contributed by atoms with van der Waals surface area (Å²) in [7, 11) is 1.96. The molecule has 3 heterocycles. The van der Waals surface area contributed by atoms with Gasteiger partial charge in [0, 0.05) is 37.1 Å². The molecule has 1 aliphatic rings. The van der Waals surface area contributed by atoms with Crippen molar-refractivity contribution in [1.82, 2.24) is 14.3 Å². The van der Waals surface area contributed by atoms with Gasteiger partial charge < -0.3 is 14.4 Å². The van der Waals surface area contributed by atoms with Crippen LogP contribution >= 0.6 is 0 Å². The minimum absolute atomic E-state index is 0.00454. The summed E-state index contributed by atoms with van der Waals surface area (Å²) in [6.07, 6.45) is 3.74. The predicted molar refractivity (Wildman–Crippen MR) is 66.6 cm³/mol. The van der Waals surface area contributed by atoms with Gasteiger partial charge in [-0.15, -0.1) is 0 Å². The Balaban J connectivity index is 2.05. The summed E-state index contributed by atoms with van der Waals surface area (Å²) in [5.74, 6) is -1.07. The van der Waals surface area contributed by atoms with E-state index in [0.717, 1.165) is 17.9 Å². The molecule has 1 N–H and O–H groups in total. The van der Waals surface area contributed by atoms with Gasteiger partial charge in [-0.05, 0) is 19.2 Å². The fourth-order valence-corrected chi connectivity index (χ4v) is 2.78. The number of hydrogen-bond acceptors (Lipinski definition) is 3. The highest BCUT2D eigenvalue weighted by atomic mass is 16.4. The van der Waals surface area contributed by atoms with Gasteiger partial charge in [0.25, 0.3) is 0 Å². The maximum atomic E-state index is 11.3. The van der Waals surface area contributed by atoms with Gasteiger partial charge >= 0.3 is 5.97 Å². The Kier molecular flexibility index (Phi) is 2.56. The highest BCUT2D eigenvalue weighted by Crippen LogP contribution is 2.32. The number of likely N-dealkylation sites (tertiary alicyclic amines) is 1. The Bertz CT molecular complexity index is 593. The highest BCUT2D eigenvalue weighted by Gasteiger charge is 2.38. The van der Waals surface area contributed by atoms with Gasteiger partial charge in [0.2, 0.25) is 0 Å². The third-order valence-corrected chi connectivity index (χ3v) is 3.65. The molecule has 0 aromatic carbocycles. The van der Waals surface area contributed by atoms with Crippen LogP contribution in [-0.2, 0) is 4.79 Å². The maximum Gasteiger partial charge on any atom is 0.308 e. The topological polar surface area (TPSA) is 57.8 Å². The number of nitrogens with zero attached hydrogens (tertiary/aromatic N) is 3. The molecular weight excluding hydrogens is 230 g/mol. The van der Waals surface area contributed by atoms with Crippen molar-refractivity contribution < 1.29 is 9.90 Å². The molecule has 0 bridgehead atoms. The first-order valence-electron chi connectivity index (χ1n) is 6.00. The van der Waals surface area contributed by atoms with E-state index in [1.165, 1.54) is 0 Å². The average molecular weight is 245 g/mol.